The minimum absolute atomic E-state index is 0.150. The van der Waals surface area contributed by atoms with Crippen LogP contribution in [0.2, 0.25) is 0 Å². The molecule has 1 aromatic carbocycles. The predicted molar refractivity (Wildman–Crippen MR) is 90.5 cm³/mol. The highest BCUT2D eigenvalue weighted by Crippen LogP contribution is 2.29. The lowest BCUT2D eigenvalue weighted by Crippen LogP contribution is -2.52. The largest absolute Gasteiger partial charge is 0.460 e. The van der Waals surface area contributed by atoms with Gasteiger partial charge in [-0.3, -0.25) is 10.2 Å². The van der Waals surface area contributed by atoms with Crippen molar-refractivity contribution in [2.75, 3.05) is 32.0 Å². The molecule has 1 atom stereocenters. The van der Waals surface area contributed by atoms with E-state index in [0.717, 1.165) is 25.0 Å². The number of nitrogens with zero attached hydrogens (tertiary/aromatic N) is 4. The first-order valence-electron chi connectivity index (χ1n) is 8.26. The standard InChI is InChI=1S/C17H20FN5O/c1-19-17(24-15-10-23-6-4-11(15)5-7-23)22-16-20-9-12-2-3-13(18)8-14(12)21-16/h2-3,8-9,11,15H,4-7,10H2,1H3,(H,19,20,21,22)/t15-/m0/s1. The van der Waals surface area contributed by atoms with Crippen LogP contribution in [0.15, 0.2) is 29.4 Å². The Bertz CT molecular complexity index is 773. The zero-order chi connectivity index (χ0) is 16.5. The van der Waals surface area contributed by atoms with Gasteiger partial charge in [0.1, 0.15) is 11.9 Å². The Labute approximate surface area is 139 Å². The fourth-order valence-corrected chi connectivity index (χ4v) is 3.48. The first-order chi connectivity index (χ1) is 11.7. The third kappa shape index (κ3) is 3.03. The number of aliphatic imine (C=N–C) groups is 1. The van der Waals surface area contributed by atoms with E-state index in [-0.39, 0.29) is 11.9 Å². The molecular weight excluding hydrogens is 309 g/mol. The van der Waals surface area contributed by atoms with Crippen molar-refractivity contribution in [1.29, 1.82) is 0 Å². The maximum absolute atomic E-state index is 13.4. The molecule has 0 saturated carbocycles. The Kier molecular flexibility index (Phi) is 4.02. The second-order valence-electron chi connectivity index (χ2n) is 6.34. The SMILES string of the molecule is CN=C(Nc1ncc2ccc(F)cc2n1)O[C@H]1CN2CCC1CC2. The Morgan fingerprint density at radius 1 is 1.38 bits per heavy atom. The fraction of sp³-hybridized carbons (Fsp3) is 0.471. The van der Waals surface area contributed by atoms with Gasteiger partial charge in [-0.25, -0.2) is 19.4 Å². The third-order valence-corrected chi connectivity index (χ3v) is 4.83. The molecule has 3 aliphatic heterocycles. The predicted octanol–water partition coefficient (Wildman–Crippen LogP) is 2.28. The van der Waals surface area contributed by atoms with Crippen molar-refractivity contribution in [3.63, 3.8) is 0 Å². The Morgan fingerprint density at radius 2 is 2.21 bits per heavy atom. The minimum Gasteiger partial charge on any atom is -0.460 e. The molecule has 3 saturated heterocycles. The van der Waals surface area contributed by atoms with Gasteiger partial charge in [-0.05, 0) is 44.0 Å². The summed E-state index contributed by atoms with van der Waals surface area (Å²) in [6.45, 7) is 3.26. The van der Waals surface area contributed by atoms with Crippen LogP contribution < -0.4 is 5.32 Å². The summed E-state index contributed by atoms with van der Waals surface area (Å²) in [7, 11) is 1.67. The quantitative estimate of drug-likeness (QED) is 0.676. The van der Waals surface area contributed by atoms with Crippen LogP contribution in [0.5, 0.6) is 0 Å². The van der Waals surface area contributed by atoms with E-state index in [9.17, 15) is 4.39 Å². The van der Waals surface area contributed by atoms with Gasteiger partial charge in [0.05, 0.1) is 5.52 Å². The number of fused-ring (bicyclic) bond motifs is 4. The number of hydrogen-bond donors (Lipinski definition) is 1. The number of piperidine rings is 3. The lowest BCUT2D eigenvalue weighted by atomic mass is 9.86. The molecule has 126 valence electrons. The van der Waals surface area contributed by atoms with Gasteiger partial charge in [0.25, 0.3) is 6.02 Å². The summed E-state index contributed by atoms with van der Waals surface area (Å²) in [6, 6.07) is 4.85. The highest BCUT2D eigenvalue weighted by atomic mass is 19.1. The van der Waals surface area contributed by atoms with Gasteiger partial charge >= 0.3 is 0 Å². The highest BCUT2D eigenvalue weighted by Gasteiger charge is 2.36. The van der Waals surface area contributed by atoms with Crippen molar-refractivity contribution in [2.24, 2.45) is 10.9 Å². The topological polar surface area (TPSA) is 62.6 Å². The second-order valence-corrected chi connectivity index (χ2v) is 6.34. The number of halogens is 1. The molecule has 1 N–H and O–H groups in total. The van der Waals surface area contributed by atoms with Crippen molar-refractivity contribution >= 4 is 22.9 Å². The average molecular weight is 329 g/mol. The van der Waals surface area contributed by atoms with E-state index in [1.54, 1.807) is 19.3 Å². The molecule has 0 amide bonds. The van der Waals surface area contributed by atoms with Crippen molar-refractivity contribution in [3.8, 4) is 0 Å². The number of amidine groups is 1. The fourth-order valence-electron chi connectivity index (χ4n) is 3.48. The van der Waals surface area contributed by atoms with E-state index < -0.39 is 0 Å². The molecule has 3 fully saturated rings. The zero-order valence-electron chi connectivity index (χ0n) is 13.6. The summed E-state index contributed by atoms with van der Waals surface area (Å²) >= 11 is 0. The lowest BCUT2D eigenvalue weighted by molar-refractivity contribution is -0.0147. The van der Waals surface area contributed by atoms with Crippen molar-refractivity contribution < 1.29 is 9.13 Å². The molecule has 2 bridgehead atoms. The van der Waals surface area contributed by atoms with Crippen molar-refractivity contribution in [3.05, 3.63) is 30.2 Å². The van der Waals surface area contributed by atoms with Crippen LogP contribution in [-0.2, 0) is 4.74 Å². The summed E-state index contributed by atoms with van der Waals surface area (Å²) in [5.41, 5.74) is 0.547. The van der Waals surface area contributed by atoms with Gasteiger partial charge in [0, 0.05) is 31.2 Å². The number of rotatable bonds is 2. The lowest BCUT2D eigenvalue weighted by Gasteiger charge is -2.44. The molecule has 1 aromatic heterocycles. The molecule has 4 heterocycles. The molecule has 6 nitrogen and oxygen atoms in total. The maximum Gasteiger partial charge on any atom is 0.291 e. The number of aromatic nitrogens is 2. The zero-order valence-corrected chi connectivity index (χ0v) is 13.6. The van der Waals surface area contributed by atoms with E-state index in [0.29, 0.717) is 23.4 Å². The van der Waals surface area contributed by atoms with Crippen LogP contribution in [-0.4, -0.2) is 53.7 Å². The maximum atomic E-state index is 13.4. The number of anilines is 1. The molecule has 5 rings (SSSR count). The van der Waals surface area contributed by atoms with Crippen LogP contribution in [0.4, 0.5) is 10.3 Å². The van der Waals surface area contributed by atoms with E-state index in [2.05, 4.69) is 25.2 Å². The van der Waals surface area contributed by atoms with Crippen LogP contribution in [0.3, 0.4) is 0 Å². The molecule has 24 heavy (non-hydrogen) atoms. The van der Waals surface area contributed by atoms with E-state index >= 15 is 0 Å². The van der Waals surface area contributed by atoms with Gasteiger partial charge in [0.15, 0.2) is 0 Å². The molecular formula is C17H20FN5O. The summed E-state index contributed by atoms with van der Waals surface area (Å²) in [6.07, 6.45) is 4.16. The van der Waals surface area contributed by atoms with Gasteiger partial charge < -0.3 is 4.74 Å². The molecule has 2 aromatic rings. The monoisotopic (exact) mass is 329 g/mol. The Morgan fingerprint density at radius 3 is 2.92 bits per heavy atom. The van der Waals surface area contributed by atoms with Gasteiger partial charge in [-0.1, -0.05) is 0 Å². The number of benzene rings is 1. The van der Waals surface area contributed by atoms with Gasteiger partial charge in [0.2, 0.25) is 5.95 Å². The van der Waals surface area contributed by atoms with Crippen molar-refractivity contribution in [2.45, 2.75) is 18.9 Å². The van der Waals surface area contributed by atoms with Gasteiger partial charge in [-0.15, -0.1) is 0 Å². The van der Waals surface area contributed by atoms with Crippen LogP contribution in [0, 0.1) is 11.7 Å². The average Bonchev–Trinajstić information content (AvgIpc) is 2.62. The van der Waals surface area contributed by atoms with Crippen LogP contribution >= 0.6 is 0 Å². The number of nitrogens with one attached hydrogen (secondary N) is 1. The molecule has 0 unspecified atom stereocenters. The number of hydrogen-bond acceptors (Lipinski definition) is 5. The van der Waals surface area contributed by atoms with E-state index in [1.165, 1.54) is 25.0 Å². The first-order valence-corrected chi connectivity index (χ1v) is 8.26. The smallest absolute Gasteiger partial charge is 0.291 e. The first kappa shape index (κ1) is 15.3. The molecule has 0 radical (unpaired) electrons. The normalized spacial score (nSPS) is 26.6. The summed E-state index contributed by atoms with van der Waals surface area (Å²) in [5, 5.41) is 3.80. The molecule has 3 aliphatic rings. The van der Waals surface area contributed by atoms with Crippen LogP contribution in [0.25, 0.3) is 10.9 Å². The van der Waals surface area contributed by atoms with Crippen LogP contribution in [0.1, 0.15) is 12.8 Å². The molecule has 0 aliphatic carbocycles. The second kappa shape index (κ2) is 6.32. The molecule has 7 heteroatoms. The summed E-state index contributed by atoms with van der Waals surface area (Å²) in [4.78, 5) is 15.2. The highest BCUT2D eigenvalue weighted by molar-refractivity contribution is 5.88. The Balaban J connectivity index is 1.48. The van der Waals surface area contributed by atoms with Crippen molar-refractivity contribution in [1.82, 2.24) is 14.9 Å². The van der Waals surface area contributed by atoms with Gasteiger partial charge in [-0.2, -0.15) is 0 Å². The van der Waals surface area contributed by atoms with E-state index in [1.807, 2.05) is 0 Å². The summed E-state index contributed by atoms with van der Waals surface area (Å²) < 4.78 is 19.4. The summed E-state index contributed by atoms with van der Waals surface area (Å²) in [5.74, 6) is 0.621. The van der Waals surface area contributed by atoms with E-state index in [4.69, 9.17) is 4.74 Å². The third-order valence-electron chi connectivity index (χ3n) is 4.83. The minimum atomic E-state index is -0.319. The molecule has 0 spiro atoms. The Hall–Kier alpha value is -2.28. The number of ether oxygens (including phenoxy) is 1.